The normalized spacial score (nSPS) is 16.0. The largest absolute Gasteiger partial charge is 0.338 e. The van der Waals surface area contributed by atoms with Gasteiger partial charge in [0.2, 0.25) is 5.91 Å². The summed E-state index contributed by atoms with van der Waals surface area (Å²) in [6, 6.07) is 14.1. The predicted molar refractivity (Wildman–Crippen MR) is 93.1 cm³/mol. The van der Waals surface area contributed by atoms with Crippen LogP contribution in [0.15, 0.2) is 42.5 Å². The van der Waals surface area contributed by atoms with Crippen LogP contribution in [0.3, 0.4) is 0 Å². The first-order valence-electron chi connectivity index (χ1n) is 7.63. The van der Waals surface area contributed by atoms with Gasteiger partial charge >= 0.3 is 0 Å². The molecule has 1 aromatic heterocycles. The van der Waals surface area contributed by atoms with Crippen LogP contribution >= 0.6 is 0 Å². The molecule has 0 radical (unpaired) electrons. The van der Waals surface area contributed by atoms with Crippen LogP contribution in [0.25, 0.3) is 23.2 Å². The van der Waals surface area contributed by atoms with E-state index in [2.05, 4.69) is 15.3 Å². The molecule has 0 spiro atoms. The Kier molecular flexibility index (Phi) is 2.88. The van der Waals surface area contributed by atoms with Crippen LogP contribution in [-0.2, 0) is 10.2 Å². The number of aromatic amines is 1. The summed E-state index contributed by atoms with van der Waals surface area (Å²) in [4.78, 5) is 19.9. The summed E-state index contributed by atoms with van der Waals surface area (Å²) < 4.78 is 0. The van der Waals surface area contributed by atoms with E-state index in [1.165, 1.54) is 0 Å². The highest BCUT2D eigenvalue weighted by Gasteiger charge is 2.38. The highest BCUT2D eigenvalue weighted by atomic mass is 16.2. The molecule has 0 unspecified atom stereocenters. The molecule has 0 fully saturated rings. The van der Waals surface area contributed by atoms with Crippen molar-refractivity contribution in [1.29, 1.82) is 0 Å². The van der Waals surface area contributed by atoms with E-state index in [-0.39, 0.29) is 5.91 Å². The van der Waals surface area contributed by atoms with E-state index in [4.69, 9.17) is 0 Å². The van der Waals surface area contributed by atoms with E-state index in [1.54, 1.807) is 0 Å². The number of rotatable bonds is 2. The molecule has 0 atom stereocenters. The second-order valence-corrected chi connectivity index (χ2v) is 6.36. The van der Waals surface area contributed by atoms with E-state index in [0.717, 1.165) is 33.7 Å². The Balaban J connectivity index is 1.73. The number of carbonyl (C=O) groups excluding carboxylic acids is 1. The van der Waals surface area contributed by atoms with Gasteiger partial charge in [-0.2, -0.15) is 0 Å². The van der Waals surface area contributed by atoms with Gasteiger partial charge in [-0.15, -0.1) is 0 Å². The van der Waals surface area contributed by atoms with E-state index in [0.29, 0.717) is 0 Å². The van der Waals surface area contributed by atoms with Gasteiger partial charge in [0.25, 0.3) is 0 Å². The first-order valence-corrected chi connectivity index (χ1v) is 7.63. The number of nitrogens with zero attached hydrogens (tertiary/aromatic N) is 1. The Hall–Kier alpha value is -2.88. The molecule has 4 heteroatoms. The zero-order valence-electron chi connectivity index (χ0n) is 13.1. The number of nitrogens with one attached hydrogen (secondary N) is 2. The number of imidazole rings is 1. The van der Waals surface area contributed by atoms with Gasteiger partial charge in [-0.25, -0.2) is 4.98 Å². The van der Waals surface area contributed by atoms with E-state index in [1.807, 2.05) is 68.5 Å². The molecule has 0 bridgehead atoms. The smallest absolute Gasteiger partial charge is 0.234 e. The summed E-state index contributed by atoms with van der Waals surface area (Å²) in [5.41, 5.74) is 4.29. The van der Waals surface area contributed by atoms with E-state index < -0.39 is 5.41 Å². The van der Waals surface area contributed by atoms with E-state index in [9.17, 15) is 4.79 Å². The molecule has 1 amide bonds. The lowest BCUT2D eigenvalue weighted by Crippen LogP contribution is -2.26. The maximum atomic E-state index is 12.0. The lowest BCUT2D eigenvalue weighted by Gasteiger charge is -2.14. The van der Waals surface area contributed by atoms with E-state index >= 15 is 0 Å². The van der Waals surface area contributed by atoms with Crippen molar-refractivity contribution in [1.82, 2.24) is 9.97 Å². The van der Waals surface area contributed by atoms with Crippen molar-refractivity contribution < 1.29 is 4.79 Å². The molecular formula is C19H17N3O. The maximum Gasteiger partial charge on any atom is 0.234 e. The van der Waals surface area contributed by atoms with Crippen LogP contribution < -0.4 is 5.32 Å². The van der Waals surface area contributed by atoms with Crippen LogP contribution in [-0.4, -0.2) is 15.9 Å². The lowest BCUT2D eigenvalue weighted by atomic mass is 9.86. The minimum atomic E-state index is -0.511. The molecule has 0 aliphatic carbocycles. The Bertz CT molecular complexity index is 936. The van der Waals surface area contributed by atoms with Crippen molar-refractivity contribution in [2.75, 3.05) is 5.32 Å². The minimum absolute atomic E-state index is 0.0318. The standard InChI is InChI=1S/C19H17N3O/c1-19(2)13-10-15-16(11-14(13)22-18(19)23)21-17(20-15)9-8-12-6-4-3-5-7-12/h3-11H,1-2H3,(H,20,21)(H,22,23). The molecule has 2 aromatic carbocycles. The number of fused-ring (bicyclic) bond motifs is 2. The number of amides is 1. The fourth-order valence-corrected chi connectivity index (χ4v) is 2.92. The number of benzene rings is 2. The summed E-state index contributed by atoms with van der Waals surface area (Å²) in [5.74, 6) is 0.834. The number of aromatic nitrogens is 2. The van der Waals surface area contributed by atoms with Gasteiger partial charge in [0.1, 0.15) is 5.82 Å². The molecular weight excluding hydrogens is 286 g/mol. The van der Waals surface area contributed by atoms with Crippen LogP contribution in [0, 0.1) is 0 Å². The third-order valence-electron chi connectivity index (χ3n) is 4.36. The van der Waals surface area contributed by atoms with Crippen molar-refractivity contribution in [3.05, 3.63) is 59.4 Å². The van der Waals surface area contributed by atoms with Crippen molar-refractivity contribution in [2.24, 2.45) is 0 Å². The van der Waals surface area contributed by atoms with Gasteiger partial charge in [-0.05, 0) is 43.2 Å². The Morgan fingerprint density at radius 1 is 1.09 bits per heavy atom. The summed E-state index contributed by atoms with van der Waals surface area (Å²) in [6.07, 6.45) is 3.99. The summed E-state index contributed by atoms with van der Waals surface area (Å²) in [6.45, 7) is 3.87. The third-order valence-corrected chi connectivity index (χ3v) is 4.36. The molecule has 2 N–H and O–H groups in total. The van der Waals surface area contributed by atoms with Crippen LogP contribution in [0.4, 0.5) is 5.69 Å². The van der Waals surface area contributed by atoms with Crippen molar-refractivity contribution in [3.8, 4) is 0 Å². The average molecular weight is 303 g/mol. The fraction of sp³-hybridized carbons (Fsp3) is 0.158. The highest BCUT2D eigenvalue weighted by Crippen LogP contribution is 2.39. The molecule has 2 heterocycles. The molecule has 0 saturated heterocycles. The van der Waals surface area contributed by atoms with Gasteiger partial charge in [-0.3, -0.25) is 4.79 Å². The Labute approximate surface area is 134 Å². The van der Waals surface area contributed by atoms with Crippen molar-refractivity contribution in [3.63, 3.8) is 0 Å². The van der Waals surface area contributed by atoms with Crippen molar-refractivity contribution >= 4 is 34.8 Å². The highest BCUT2D eigenvalue weighted by molar-refractivity contribution is 6.07. The second-order valence-electron chi connectivity index (χ2n) is 6.36. The zero-order chi connectivity index (χ0) is 16.0. The summed E-state index contributed by atoms with van der Waals surface area (Å²) in [5, 5.41) is 2.94. The van der Waals surface area contributed by atoms with Gasteiger partial charge in [0, 0.05) is 5.69 Å². The predicted octanol–water partition coefficient (Wildman–Crippen LogP) is 3.96. The summed E-state index contributed by atoms with van der Waals surface area (Å²) in [7, 11) is 0. The molecule has 4 nitrogen and oxygen atoms in total. The average Bonchev–Trinajstić information content (AvgIpc) is 3.03. The first-order chi connectivity index (χ1) is 11.0. The monoisotopic (exact) mass is 303 g/mol. The Morgan fingerprint density at radius 3 is 2.65 bits per heavy atom. The van der Waals surface area contributed by atoms with Crippen LogP contribution in [0.5, 0.6) is 0 Å². The molecule has 3 aromatic rings. The fourth-order valence-electron chi connectivity index (χ4n) is 2.92. The number of hydrogen-bond acceptors (Lipinski definition) is 2. The molecule has 1 aliphatic heterocycles. The minimum Gasteiger partial charge on any atom is -0.338 e. The van der Waals surface area contributed by atoms with Gasteiger partial charge < -0.3 is 10.3 Å². The molecule has 1 aliphatic rings. The van der Waals surface area contributed by atoms with Crippen LogP contribution in [0.2, 0.25) is 0 Å². The molecule has 4 rings (SSSR count). The maximum absolute atomic E-state index is 12.0. The lowest BCUT2D eigenvalue weighted by molar-refractivity contribution is -0.119. The van der Waals surface area contributed by atoms with Gasteiger partial charge in [0.15, 0.2) is 0 Å². The molecule has 23 heavy (non-hydrogen) atoms. The molecule has 0 saturated carbocycles. The van der Waals surface area contributed by atoms with Crippen molar-refractivity contribution in [2.45, 2.75) is 19.3 Å². The summed E-state index contributed by atoms with van der Waals surface area (Å²) >= 11 is 0. The number of anilines is 1. The number of carbonyl (C=O) groups is 1. The van der Waals surface area contributed by atoms with Crippen LogP contribution in [0.1, 0.15) is 30.8 Å². The van der Waals surface area contributed by atoms with Gasteiger partial charge in [-0.1, -0.05) is 36.4 Å². The first kappa shape index (κ1) is 13.8. The zero-order valence-corrected chi connectivity index (χ0v) is 13.1. The van der Waals surface area contributed by atoms with Gasteiger partial charge in [0.05, 0.1) is 16.4 Å². The third kappa shape index (κ3) is 2.23. The quantitative estimate of drug-likeness (QED) is 0.752. The molecule has 114 valence electrons. The second kappa shape index (κ2) is 4.81. The topological polar surface area (TPSA) is 57.8 Å². The SMILES string of the molecule is CC1(C)C(=O)Nc2cc3[nH]c(C=Cc4ccccc4)nc3cc21. The number of hydrogen-bond donors (Lipinski definition) is 2. The Morgan fingerprint density at radius 2 is 1.87 bits per heavy atom. The number of H-pyrrole nitrogens is 1.